The number of hydrazone groups is 1. The van der Waals surface area contributed by atoms with Crippen LogP contribution in [0.15, 0.2) is 65.8 Å². The molecule has 3 heteroatoms. The highest BCUT2D eigenvalue weighted by atomic mass is 16.2. The van der Waals surface area contributed by atoms with E-state index in [-0.39, 0.29) is 5.91 Å². The van der Waals surface area contributed by atoms with Crippen LogP contribution in [0.1, 0.15) is 15.9 Å². The molecule has 2 aromatic rings. The highest BCUT2D eigenvalue weighted by Crippen LogP contribution is 2.25. The Morgan fingerprint density at radius 2 is 1.68 bits per heavy atom. The first-order chi connectivity index (χ1) is 9.36. The molecule has 0 unspecified atom stereocenters. The van der Waals surface area contributed by atoms with Crippen molar-refractivity contribution in [2.45, 2.75) is 0 Å². The number of rotatable bonds is 1. The molecule has 0 spiro atoms. The molecule has 0 radical (unpaired) electrons. The maximum absolute atomic E-state index is 12.5. The predicted molar refractivity (Wildman–Crippen MR) is 77.2 cm³/mol. The van der Waals surface area contributed by atoms with Crippen molar-refractivity contribution in [2.75, 3.05) is 5.01 Å². The van der Waals surface area contributed by atoms with E-state index < -0.39 is 0 Å². The monoisotopic (exact) mass is 248 g/mol. The van der Waals surface area contributed by atoms with Crippen molar-refractivity contribution in [2.24, 2.45) is 5.10 Å². The molecule has 1 heterocycles. The number of amides is 1. The van der Waals surface area contributed by atoms with Crippen LogP contribution in [0.4, 0.5) is 5.69 Å². The molecule has 1 aliphatic rings. The Morgan fingerprint density at radius 1 is 0.947 bits per heavy atom. The van der Waals surface area contributed by atoms with Gasteiger partial charge in [-0.1, -0.05) is 42.5 Å². The molecule has 0 bridgehead atoms. The van der Waals surface area contributed by atoms with Crippen molar-refractivity contribution in [3.8, 4) is 0 Å². The van der Waals surface area contributed by atoms with Gasteiger partial charge in [-0.3, -0.25) is 4.79 Å². The number of carbonyl (C=O) groups excluding carboxylic acids is 1. The second kappa shape index (κ2) is 4.90. The van der Waals surface area contributed by atoms with Gasteiger partial charge < -0.3 is 0 Å². The van der Waals surface area contributed by atoms with Gasteiger partial charge in [0.15, 0.2) is 0 Å². The number of nitrogens with zero attached hydrogens (tertiary/aromatic N) is 2. The summed E-state index contributed by atoms with van der Waals surface area (Å²) in [4.78, 5) is 12.5. The number of carbonyl (C=O) groups is 1. The molecular weight excluding hydrogens is 236 g/mol. The molecule has 1 aliphatic heterocycles. The van der Waals surface area contributed by atoms with E-state index in [1.54, 1.807) is 18.3 Å². The molecular formula is C16H12N2O. The first-order valence-corrected chi connectivity index (χ1v) is 6.05. The van der Waals surface area contributed by atoms with Crippen molar-refractivity contribution in [1.29, 1.82) is 0 Å². The lowest BCUT2D eigenvalue weighted by Gasteiger charge is -2.18. The van der Waals surface area contributed by atoms with Crippen molar-refractivity contribution < 1.29 is 4.79 Å². The Kier molecular flexibility index (Phi) is 2.94. The smallest absolute Gasteiger partial charge is 0.267 e. The SMILES string of the molecule is O=C(c1ccccc1)N1N=CC=Cc2ccccc21. The summed E-state index contributed by atoms with van der Waals surface area (Å²) in [5.41, 5.74) is 2.39. The van der Waals surface area contributed by atoms with E-state index in [1.165, 1.54) is 5.01 Å². The van der Waals surface area contributed by atoms with Gasteiger partial charge in [-0.15, -0.1) is 0 Å². The van der Waals surface area contributed by atoms with Crippen molar-refractivity contribution in [1.82, 2.24) is 0 Å². The largest absolute Gasteiger partial charge is 0.278 e. The van der Waals surface area contributed by atoms with Gasteiger partial charge in [0.05, 0.1) is 5.69 Å². The van der Waals surface area contributed by atoms with Crippen LogP contribution in [0, 0.1) is 0 Å². The van der Waals surface area contributed by atoms with Crippen LogP contribution in [0.5, 0.6) is 0 Å². The second-order valence-electron chi connectivity index (χ2n) is 4.17. The van der Waals surface area contributed by atoms with Crippen LogP contribution >= 0.6 is 0 Å². The summed E-state index contributed by atoms with van der Waals surface area (Å²) in [6.07, 6.45) is 5.40. The van der Waals surface area contributed by atoms with E-state index in [4.69, 9.17) is 0 Å². The third kappa shape index (κ3) is 2.18. The molecule has 92 valence electrons. The minimum atomic E-state index is -0.131. The summed E-state index contributed by atoms with van der Waals surface area (Å²) in [5.74, 6) is -0.131. The van der Waals surface area contributed by atoms with Crippen LogP contribution in [0.25, 0.3) is 6.08 Å². The van der Waals surface area contributed by atoms with Crippen LogP contribution in [0.3, 0.4) is 0 Å². The lowest BCUT2D eigenvalue weighted by atomic mass is 10.1. The van der Waals surface area contributed by atoms with Crippen molar-refractivity contribution in [3.63, 3.8) is 0 Å². The van der Waals surface area contributed by atoms with Gasteiger partial charge in [-0.2, -0.15) is 10.1 Å². The third-order valence-corrected chi connectivity index (χ3v) is 2.92. The number of allylic oxidation sites excluding steroid dienone is 1. The lowest BCUT2D eigenvalue weighted by molar-refractivity contribution is 0.0988. The molecule has 1 amide bonds. The van der Waals surface area contributed by atoms with E-state index in [0.29, 0.717) is 5.56 Å². The summed E-state index contributed by atoms with van der Waals surface area (Å²) in [6.45, 7) is 0. The molecule has 0 atom stereocenters. The Bertz CT molecular complexity index is 659. The summed E-state index contributed by atoms with van der Waals surface area (Å²) in [7, 11) is 0. The second-order valence-corrected chi connectivity index (χ2v) is 4.17. The van der Waals surface area contributed by atoms with Gasteiger partial charge in [-0.05, 0) is 24.3 Å². The summed E-state index contributed by atoms with van der Waals surface area (Å²) in [6, 6.07) is 16.9. The highest BCUT2D eigenvalue weighted by molar-refractivity contribution is 6.08. The fraction of sp³-hybridized carbons (Fsp3) is 0. The number of hydrogen-bond acceptors (Lipinski definition) is 2. The van der Waals surface area contributed by atoms with Gasteiger partial charge >= 0.3 is 0 Å². The molecule has 19 heavy (non-hydrogen) atoms. The normalized spacial score (nSPS) is 12.9. The zero-order valence-electron chi connectivity index (χ0n) is 10.2. The Labute approximate surface area is 111 Å². The number of para-hydroxylation sites is 1. The summed E-state index contributed by atoms with van der Waals surface area (Å²) < 4.78 is 0. The summed E-state index contributed by atoms with van der Waals surface area (Å²) in [5, 5.41) is 5.65. The zero-order chi connectivity index (χ0) is 13.1. The minimum Gasteiger partial charge on any atom is -0.267 e. The number of hydrogen-bond donors (Lipinski definition) is 0. The zero-order valence-corrected chi connectivity index (χ0v) is 10.2. The van der Waals surface area contributed by atoms with E-state index >= 15 is 0 Å². The van der Waals surface area contributed by atoms with Crippen LogP contribution in [0.2, 0.25) is 0 Å². The van der Waals surface area contributed by atoms with Crippen LogP contribution in [-0.2, 0) is 0 Å². The Hall–Kier alpha value is -2.68. The molecule has 0 N–H and O–H groups in total. The first-order valence-electron chi connectivity index (χ1n) is 6.05. The van der Waals surface area contributed by atoms with Gasteiger partial charge in [0.2, 0.25) is 0 Å². The molecule has 0 aromatic heterocycles. The maximum Gasteiger partial charge on any atom is 0.278 e. The summed E-state index contributed by atoms with van der Waals surface area (Å²) >= 11 is 0. The fourth-order valence-electron chi connectivity index (χ4n) is 2.00. The molecule has 0 aliphatic carbocycles. The molecule has 3 rings (SSSR count). The molecule has 3 nitrogen and oxygen atoms in total. The topological polar surface area (TPSA) is 32.7 Å². The van der Waals surface area contributed by atoms with Gasteiger partial charge in [0.25, 0.3) is 5.91 Å². The Balaban J connectivity index is 2.05. The average molecular weight is 248 g/mol. The Morgan fingerprint density at radius 3 is 2.53 bits per heavy atom. The van der Waals surface area contributed by atoms with Crippen molar-refractivity contribution >= 4 is 23.9 Å². The fourth-order valence-corrected chi connectivity index (χ4v) is 2.00. The number of anilines is 1. The number of fused-ring (bicyclic) bond motifs is 1. The molecule has 2 aromatic carbocycles. The van der Waals surface area contributed by atoms with E-state index in [1.807, 2.05) is 54.6 Å². The van der Waals surface area contributed by atoms with E-state index in [9.17, 15) is 4.79 Å². The van der Waals surface area contributed by atoms with Gasteiger partial charge in [0, 0.05) is 17.3 Å². The van der Waals surface area contributed by atoms with E-state index in [2.05, 4.69) is 5.10 Å². The van der Waals surface area contributed by atoms with Crippen molar-refractivity contribution in [3.05, 3.63) is 71.8 Å². The first kappa shape index (κ1) is 11.4. The molecule has 0 fully saturated rings. The molecule has 0 saturated heterocycles. The van der Waals surface area contributed by atoms with Gasteiger partial charge in [0.1, 0.15) is 0 Å². The highest BCUT2D eigenvalue weighted by Gasteiger charge is 2.19. The third-order valence-electron chi connectivity index (χ3n) is 2.92. The van der Waals surface area contributed by atoms with E-state index in [0.717, 1.165) is 11.3 Å². The van der Waals surface area contributed by atoms with Crippen LogP contribution < -0.4 is 5.01 Å². The maximum atomic E-state index is 12.5. The van der Waals surface area contributed by atoms with Gasteiger partial charge in [-0.25, -0.2) is 0 Å². The predicted octanol–water partition coefficient (Wildman–Crippen LogP) is 3.35. The standard InChI is InChI=1S/C16H12N2O/c19-16(14-8-2-1-3-9-14)18-15-11-5-4-7-13(15)10-6-12-17-18/h1-12H. The number of benzene rings is 2. The minimum absolute atomic E-state index is 0.131. The quantitative estimate of drug-likeness (QED) is 0.761. The molecule has 0 saturated carbocycles. The average Bonchev–Trinajstić information content (AvgIpc) is 2.70. The van der Waals surface area contributed by atoms with Crippen LogP contribution in [-0.4, -0.2) is 12.1 Å². The lowest BCUT2D eigenvalue weighted by Crippen LogP contribution is -2.25.